The van der Waals surface area contributed by atoms with Gasteiger partial charge in [-0.2, -0.15) is 0 Å². The smallest absolute Gasteiger partial charge is 0.225 e. The summed E-state index contributed by atoms with van der Waals surface area (Å²) in [5, 5.41) is 2.87. The van der Waals surface area contributed by atoms with E-state index in [-0.39, 0.29) is 5.91 Å². The lowest BCUT2D eigenvalue weighted by Gasteiger charge is -2.16. The second kappa shape index (κ2) is 5.35. The van der Waals surface area contributed by atoms with E-state index in [0.29, 0.717) is 12.3 Å². The number of fused-ring (bicyclic) bond motifs is 1. The maximum atomic E-state index is 11.4. The van der Waals surface area contributed by atoms with Crippen LogP contribution in [0, 0.1) is 0 Å². The summed E-state index contributed by atoms with van der Waals surface area (Å²) in [5.41, 5.74) is 3.72. The molecule has 2 nitrogen and oxygen atoms in total. The molecule has 0 saturated carbocycles. The SMILES string of the molecule is O=C(CCCl)Nc1ccc2c(c1)CCCC2. The normalized spacial score (nSPS) is 14.3. The van der Waals surface area contributed by atoms with Gasteiger partial charge >= 0.3 is 0 Å². The van der Waals surface area contributed by atoms with Crippen LogP contribution in [0.15, 0.2) is 18.2 Å². The van der Waals surface area contributed by atoms with Crippen LogP contribution in [0.25, 0.3) is 0 Å². The number of amides is 1. The van der Waals surface area contributed by atoms with Crippen molar-refractivity contribution in [3.05, 3.63) is 29.3 Å². The summed E-state index contributed by atoms with van der Waals surface area (Å²) in [5.74, 6) is 0.363. The fraction of sp³-hybridized carbons (Fsp3) is 0.462. The number of benzene rings is 1. The van der Waals surface area contributed by atoms with Crippen LogP contribution in [0.2, 0.25) is 0 Å². The third-order valence-electron chi connectivity index (χ3n) is 2.95. The highest BCUT2D eigenvalue weighted by Crippen LogP contribution is 2.24. The minimum absolute atomic E-state index is 0.00856. The third-order valence-corrected chi connectivity index (χ3v) is 3.14. The fourth-order valence-electron chi connectivity index (χ4n) is 2.12. The standard InChI is InChI=1S/C13H16ClNO/c14-8-7-13(16)15-12-6-5-10-3-1-2-4-11(10)9-12/h5-6,9H,1-4,7-8H2,(H,15,16). The molecule has 0 fully saturated rings. The lowest BCUT2D eigenvalue weighted by Crippen LogP contribution is -2.12. The van der Waals surface area contributed by atoms with Gasteiger partial charge in [0.15, 0.2) is 0 Å². The lowest BCUT2D eigenvalue weighted by molar-refractivity contribution is -0.115. The predicted molar refractivity (Wildman–Crippen MR) is 67.1 cm³/mol. The molecule has 1 N–H and O–H groups in total. The summed E-state index contributed by atoms with van der Waals surface area (Å²) >= 11 is 5.52. The first-order valence-corrected chi connectivity index (χ1v) is 6.30. The van der Waals surface area contributed by atoms with Gasteiger partial charge in [-0.3, -0.25) is 4.79 Å². The molecule has 0 radical (unpaired) electrons. The second-order valence-corrected chi connectivity index (χ2v) is 4.56. The molecule has 86 valence electrons. The van der Waals surface area contributed by atoms with Crippen LogP contribution in [-0.2, 0) is 17.6 Å². The average Bonchev–Trinajstić information content (AvgIpc) is 2.29. The van der Waals surface area contributed by atoms with E-state index in [2.05, 4.69) is 17.4 Å². The van der Waals surface area contributed by atoms with Crippen molar-refractivity contribution >= 4 is 23.2 Å². The second-order valence-electron chi connectivity index (χ2n) is 4.18. The molecule has 1 aromatic carbocycles. The third kappa shape index (κ3) is 2.76. The van der Waals surface area contributed by atoms with Gasteiger partial charge in [0.1, 0.15) is 0 Å². The molecule has 0 aromatic heterocycles. The molecular weight excluding hydrogens is 222 g/mol. The molecule has 1 aromatic rings. The molecule has 0 unspecified atom stereocenters. The number of carbonyl (C=O) groups excluding carboxylic acids is 1. The minimum Gasteiger partial charge on any atom is -0.326 e. The Balaban J connectivity index is 2.08. The Morgan fingerprint density at radius 2 is 2.00 bits per heavy atom. The van der Waals surface area contributed by atoms with Crippen molar-refractivity contribution in [1.82, 2.24) is 0 Å². The fourth-order valence-corrected chi connectivity index (χ4v) is 2.29. The zero-order valence-corrected chi connectivity index (χ0v) is 10.0. The number of anilines is 1. The first-order chi connectivity index (χ1) is 7.79. The van der Waals surface area contributed by atoms with E-state index < -0.39 is 0 Å². The monoisotopic (exact) mass is 237 g/mol. The van der Waals surface area contributed by atoms with E-state index in [9.17, 15) is 4.79 Å². The van der Waals surface area contributed by atoms with E-state index in [1.54, 1.807) is 0 Å². The van der Waals surface area contributed by atoms with Gasteiger partial charge in [-0.25, -0.2) is 0 Å². The van der Waals surface area contributed by atoms with Crippen LogP contribution in [0.3, 0.4) is 0 Å². The summed E-state index contributed by atoms with van der Waals surface area (Å²) in [6.45, 7) is 0. The van der Waals surface area contributed by atoms with Crippen LogP contribution >= 0.6 is 11.6 Å². The van der Waals surface area contributed by atoms with Gasteiger partial charge in [-0.05, 0) is 48.9 Å². The number of hydrogen-bond acceptors (Lipinski definition) is 1. The molecule has 1 aliphatic rings. The molecule has 0 heterocycles. The molecule has 0 saturated heterocycles. The largest absolute Gasteiger partial charge is 0.326 e. The van der Waals surface area contributed by atoms with Gasteiger partial charge in [0.25, 0.3) is 0 Å². The van der Waals surface area contributed by atoms with Gasteiger partial charge < -0.3 is 5.32 Å². The van der Waals surface area contributed by atoms with Crippen molar-refractivity contribution in [2.24, 2.45) is 0 Å². The molecule has 0 bridgehead atoms. The molecule has 0 spiro atoms. The summed E-state index contributed by atoms with van der Waals surface area (Å²) in [4.78, 5) is 11.4. The first kappa shape index (κ1) is 11.5. The Kier molecular flexibility index (Phi) is 3.83. The van der Waals surface area contributed by atoms with E-state index in [1.165, 1.54) is 30.4 Å². The van der Waals surface area contributed by atoms with Gasteiger partial charge in [0.2, 0.25) is 5.91 Å². The Hall–Kier alpha value is -1.02. The molecule has 0 atom stereocenters. The van der Waals surface area contributed by atoms with Gasteiger partial charge in [-0.1, -0.05) is 6.07 Å². The molecule has 1 amide bonds. The van der Waals surface area contributed by atoms with Crippen molar-refractivity contribution in [2.75, 3.05) is 11.2 Å². The van der Waals surface area contributed by atoms with E-state index in [0.717, 1.165) is 12.1 Å². The highest BCUT2D eigenvalue weighted by Gasteiger charge is 2.10. The molecule has 16 heavy (non-hydrogen) atoms. The Labute approximate surface area is 101 Å². The zero-order chi connectivity index (χ0) is 11.4. The van der Waals surface area contributed by atoms with E-state index in [1.807, 2.05) is 6.07 Å². The van der Waals surface area contributed by atoms with Crippen molar-refractivity contribution in [3.63, 3.8) is 0 Å². The highest BCUT2D eigenvalue weighted by molar-refractivity contribution is 6.19. The molecule has 2 rings (SSSR count). The maximum Gasteiger partial charge on any atom is 0.225 e. The molecule has 1 aliphatic carbocycles. The maximum absolute atomic E-state index is 11.4. The summed E-state index contributed by atoms with van der Waals surface area (Å²) in [6.07, 6.45) is 5.22. The van der Waals surface area contributed by atoms with Gasteiger partial charge in [0.05, 0.1) is 0 Å². The van der Waals surface area contributed by atoms with Crippen molar-refractivity contribution in [3.8, 4) is 0 Å². The number of aryl methyl sites for hydroxylation is 2. The lowest BCUT2D eigenvalue weighted by atomic mass is 9.91. The van der Waals surface area contributed by atoms with Crippen LogP contribution in [0.4, 0.5) is 5.69 Å². The average molecular weight is 238 g/mol. The van der Waals surface area contributed by atoms with E-state index in [4.69, 9.17) is 11.6 Å². The van der Waals surface area contributed by atoms with Crippen LogP contribution in [-0.4, -0.2) is 11.8 Å². The Morgan fingerprint density at radius 3 is 2.75 bits per heavy atom. The first-order valence-electron chi connectivity index (χ1n) is 5.77. The highest BCUT2D eigenvalue weighted by atomic mass is 35.5. The quantitative estimate of drug-likeness (QED) is 0.804. The summed E-state index contributed by atoms with van der Waals surface area (Å²) in [7, 11) is 0. The number of hydrogen-bond donors (Lipinski definition) is 1. The van der Waals surface area contributed by atoms with Crippen molar-refractivity contribution in [2.45, 2.75) is 32.1 Å². The zero-order valence-electron chi connectivity index (χ0n) is 9.26. The van der Waals surface area contributed by atoms with Crippen LogP contribution in [0.1, 0.15) is 30.4 Å². The predicted octanol–water partition coefficient (Wildman–Crippen LogP) is 3.13. The number of rotatable bonds is 3. The topological polar surface area (TPSA) is 29.1 Å². The van der Waals surface area contributed by atoms with Gasteiger partial charge in [-0.15, -0.1) is 11.6 Å². The van der Waals surface area contributed by atoms with Crippen LogP contribution < -0.4 is 5.32 Å². The number of nitrogens with one attached hydrogen (secondary N) is 1. The Bertz CT molecular complexity index is 390. The number of carbonyl (C=O) groups is 1. The van der Waals surface area contributed by atoms with E-state index >= 15 is 0 Å². The molecular formula is C13H16ClNO. The summed E-state index contributed by atoms with van der Waals surface area (Å²) in [6, 6.07) is 6.21. The van der Waals surface area contributed by atoms with Gasteiger partial charge in [0, 0.05) is 18.0 Å². The molecule has 3 heteroatoms. The van der Waals surface area contributed by atoms with Crippen molar-refractivity contribution < 1.29 is 4.79 Å². The minimum atomic E-state index is -0.00856. The molecule has 0 aliphatic heterocycles. The Morgan fingerprint density at radius 1 is 1.25 bits per heavy atom. The summed E-state index contributed by atoms with van der Waals surface area (Å²) < 4.78 is 0. The van der Waals surface area contributed by atoms with Crippen molar-refractivity contribution in [1.29, 1.82) is 0 Å². The van der Waals surface area contributed by atoms with Crippen LogP contribution in [0.5, 0.6) is 0 Å². The number of alkyl halides is 1. The number of halogens is 1.